The van der Waals surface area contributed by atoms with E-state index in [9.17, 15) is 26.3 Å². The molecule has 1 rings (SSSR count). The summed E-state index contributed by atoms with van der Waals surface area (Å²) in [7, 11) is -2.17. The number of benzene rings is 1. The Morgan fingerprint density at radius 3 is 1.26 bits per heavy atom. The Kier molecular flexibility index (Phi) is 6.86. The Bertz CT molecular complexity index is 385. The van der Waals surface area contributed by atoms with Crippen LogP contribution >= 0.6 is 0 Å². The first kappa shape index (κ1) is 18.7. The molecule has 0 saturated heterocycles. The molecule has 0 aliphatic heterocycles. The van der Waals surface area contributed by atoms with Gasteiger partial charge in [0.1, 0.15) is 0 Å². The molecule has 0 fully saturated rings. The fourth-order valence-electron chi connectivity index (χ4n) is 1.11. The van der Waals surface area contributed by atoms with E-state index in [4.69, 9.17) is 15.1 Å². The van der Waals surface area contributed by atoms with Gasteiger partial charge in [-0.05, 0) is 0 Å². The van der Waals surface area contributed by atoms with Crippen molar-refractivity contribution in [2.24, 2.45) is 0 Å². The summed E-state index contributed by atoms with van der Waals surface area (Å²) in [6.07, 6.45) is -9.47. The maximum Gasteiger partial charge on any atom is 0.631 e. The molecule has 0 heterocycles. The minimum Gasteiger partial charge on any atom is -0.402 e. The van der Waals surface area contributed by atoms with Gasteiger partial charge < -0.3 is 15.1 Å². The van der Waals surface area contributed by atoms with E-state index in [-0.39, 0.29) is 36.8 Å². The second-order valence-electron chi connectivity index (χ2n) is 3.43. The quantitative estimate of drug-likeness (QED) is 0.482. The van der Waals surface area contributed by atoms with Crippen LogP contribution < -0.4 is 2.81 Å². The van der Waals surface area contributed by atoms with E-state index in [0.717, 1.165) is 12.1 Å². The molecule has 0 unspecified atom stereocenters. The molecule has 102 valence electrons. The van der Waals surface area contributed by atoms with E-state index in [0.29, 0.717) is 0 Å². The molecule has 3 N–H and O–H groups in total. The Balaban J connectivity index is 0.000000711. The van der Waals surface area contributed by atoms with Crippen LogP contribution in [0.5, 0.6) is 0 Å². The third kappa shape index (κ3) is 7.80. The topological polar surface area (TPSA) is 60.7 Å². The maximum absolute atomic E-state index is 12.2. The maximum atomic E-state index is 12.2. The van der Waals surface area contributed by atoms with Crippen molar-refractivity contribution in [3.63, 3.8) is 0 Å². The van der Waals surface area contributed by atoms with Gasteiger partial charge in [-0.1, -0.05) is 0 Å². The summed E-state index contributed by atoms with van der Waals surface area (Å²) in [5, 5.41) is 21.5. The van der Waals surface area contributed by atoms with Crippen molar-refractivity contribution in [1.82, 2.24) is 0 Å². The number of halogens is 6. The van der Waals surface area contributed by atoms with Gasteiger partial charge >= 0.3 is 106 Å². The van der Waals surface area contributed by atoms with Crippen molar-refractivity contribution in [3.8, 4) is 0 Å². The predicted molar refractivity (Wildman–Crippen MR) is 54.2 cm³/mol. The van der Waals surface area contributed by atoms with Gasteiger partial charge in [0.05, 0.1) is 0 Å². The van der Waals surface area contributed by atoms with Crippen molar-refractivity contribution < 1.29 is 41.4 Å². The van der Waals surface area contributed by atoms with E-state index in [1.54, 1.807) is 0 Å². The summed E-state index contributed by atoms with van der Waals surface area (Å²) in [5.74, 6) is 0. The minimum absolute atomic E-state index is 0.0668. The van der Waals surface area contributed by atoms with Crippen LogP contribution in [0.2, 0.25) is 0 Å². The van der Waals surface area contributed by atoms with Crippen LogP contribution in [0.3, 0.4) is 0 Å². The number of hydrogen-bond donors (Lipinski definition) is 3. The van der Waals surface area contributed by atoms with E-state index in [2.05, 4.69) is 0 Å². The monoisotopic (exact) mass is 298 g/mol. The molecule has 11 heteroatoms. The Morgan fingerprint density at radius 1 is 0.789 bits per heavy atom. The molecule has 19 heavy (non-hydrogen) atoms. The van der Waals surface area contributed by atoms with E-state index in [1.807, 2.05) is 0 Å². The third-order valence-corrected chi connectivity index (χ3v) is 2.31. The molecular formula is C8H6BF6NaO3. The molecule has 1 aromatic carbocycles. The van der Waals surface area contributed by atoms with E-state index >= 15 is 0 Å². The zero-order valence-corrected chi connectivity index (χ0v) is 11.4. The average Bonchev–Trinajstić information content (AvgIpc) is 2.12. The molecule has 0 bridgehead atoms. The Hall–Kier alpha value is -0.255. The van der Waals surface area contributed by atoms with Crippen molar-refractivity contribution >= 4 is 38.1 Å². The fraction of sp³-hybridized carbons (Fsp3) is 0.250. The van der Waals surface area contributed by atoms with Gasteiger partial charge in [0.15, 0.2) is 0 Å². The number of alkyl halides is 6. The van der Waals surface area contributed by atoms with E-state index < -0.39 is 30.8 Å². The normalized spacial score (nSPS) is 11.7. The molecule has 0 spiro atoms. The Labute approximate surface area is 121 Å². The predicted octanol–water partition coefficient (Wildman–Crippen LogP) is 0.466. The summed E-state index contributed by atoms with van der Waals surface area (Å²) >= 11 is 0.138. The first-order valence-corrected chi connectivity index (χ1v) is 5.64. The van der Waals surface area contributed by atoms with Crippen LogP contribution in [-0.4, -0.2) is 50.3 Å². The first-order valence-electron chi connectivity index (χ1n) is 4.64. The van der Waals surface area contributed by atoms with Crippen molar-refractivity contribution in [2.75, 3.05) is 0 Å². The molecule has 0 amide bonds. The minimum atomic E-state index is -4.74. The van der Waals surface area contributed by atoms with Gasteiger partial charge in [0.25, 0.3) is 0 Å². The number of rotatable bonds is 0. The van der Waals surface area contributed by atoms with Crippen molar-refractivity contribution in [3.05, 3.63) is 29.3 Å². The summed E-state index contributed by atoms with van der Waals surface area (Å²) in [6.45, 7) is 0. The van der Waals surface area contributed by atoms with Gasteiger partial charge in [0, 0.05) is 0 Å². The largest absolute Gasteiger partial charge is 0.631 e. The number of hydrogen-bond acceptors (Lipinski definition) is 3. The van der Waals surface area contributed by atoms with Crippen LogP contribution in [0.15, 0.2) is 18.2 Å². The van der Waals surface area contributed by atoms with Crippen molar-refractivity contribution in [2.45, 2.75) is 12.4 Å². The second-order valence-corrected chi connectivity index (χ2v) is 4.58. The van der Waals surface area contributed by atoms with Crippen LogP contribution in [0.4, 0.5) is 26.3 Å². The van der Waals surface area contributed by atoms with Gasteiger partial charge in [-0.3, -0.25) is 0 Å². The summed E-state index contributed by atoms with van der Waals surface area (Å²) in [6, 6.07) is 1.60. The molecule has 0 aliphatic carbocycles. The Morgan fingerprint density at radius 2 is 1.05 bits per heavy atom. The van der Waals surface area contributed by atoms with Crippen LogP contribution in [0.1, 0.15) is 11.1 Å². The average molecular weight is 298 g/mol. The molecule has 3 nitrogen and oxygen atoms in total. The van der Waals surface area contributed by atoms with Gasteiger partial charge in [-0.25, -0.2) is 0 Å². The smallest absolute Gasteiger partial charge is 0.402 e. The molecular weight excluding hydrogens is 292 g/mol. The van der Waals surface area contributed by atoms with Gasteiger partial charge in [-0.15, -0.1) is 0 Å². The molecule has 1 aromatic rings. The second kappa shape index (κ2) is 6.96. The molecule has 0 aromatic heterocycles. The van der Waals surface area contributed by atoms with Crippen LogP contribution in [0.25, 0.3) is 0 Å². The van der Waals surface area contributed by atoms with Crippen LogP contribution in [0, 0.1) is 0 Å². The first-order chi connectivity index (χ1) is 8.34. The molecule has 0 saturated carbocycles. The standard InChI is InChI=1S/C8H3F6.BH3O3.Na/c9-7(10,11)5-2-1-3-6(4-5)8(12,13)14;2-1(3)4;/h2-4H;2-4H;. The molecule has 0 aliphatic rings. The summed E-state index contributed by atoms with van der Waals surface area (Å²) in [4.78, 5) is 0. The zero-order chi connectivity index (χ0) is 15.4. The van der Waals surface area contributed by atoms with Gasteiger partial charge in [-0.2, -0.15) is 0 Å². The van der Waals surface area contributed by atoms with Crippen molar-refractivity contribution in [1.29, 1.82) is 0 Å². The molecule has 0 radical (unpaired) electrons. The zero-order valence-electron chi connectivity index (χ0n) is 9.42. The summed E-state index contributed by atoms with van der Waals surface area (Å²) in [5.41, 5.74) is -2.50. The summed E-state index contributed by atoms with van der Waals surface area (Å²) < 4.78 is 73.2. The van der Waals surface area contributed by atoms with Gasteiger partial charge in [0.2, 0.25) is 0 Å². The molecule has 0 atom stereocenters. The third-order valence-electron chi connectivity index (χ3n) is 1.73. The van der Waals surface area contributed by atoms with Crippen LogP contribution in [-0.2, 0) is 12.4 Å². The SMILES string of the molecule is FC(F)(F)c1c[c]([Na])cc(C(F)(F)F)c1.OB(O)O. The fourth-order valence-corrected chi connectivity index (χ4v) is 1.73. The van der Waals surface area contributed by atoms with E-state index in [1.165, 1.54) is 0 Å².